The van der Waals surface area contributed by atoms with E-state index in [1.807, 2.05) is 41.3 Å². The minimum Gasteiger partial charge on any atom is -0.353 e. The molecule has 4 rings (SSSR count). The average molecular weight is 483 g/mol. The summed E-state index contributed by atoms with van der Waals surface area (Å²) in [6, 6.07) is 19.8. The number of benzene rings is 2. The smallest absolute Gasteiger partial charge is 0.353 e. The van der Waals surface area contributed by atoms with Crippen molar-refractivity contribution in [3.05, 3.63) is 95.7 Å². The number of carbonyl (C=O) groups is 2. The summed E-state index contributed by atoms with van der Waals surface area (Å²) in [4.78, 5) is 33.7. The van der Waals surface area contributed by atoms with E-state index in [9.17, 15) is 22.8 Å². The summed E-state index contributed by atoms with van der Waals surface area (Å²) in [6.45, 7) is 1.59. The molecule has 3 aromatic rings. The van der Waals surface area contributed by atoms with E-state index in [1.165, 1.54) is 6.07 Å². The van der Waals surface area contributed by atoms with Crippen LogP contribution in [-0.4, -0.2) is 53.9 Å². The number of halogens is 3. The van der Waals surface area contributed by atoms with E-state index in [-0.39, 0.29) is 11.8 Å². The molecule has 1 atom stereocenters. The second-order valence-electron chi connectivity index (χ2n) is 8.30. The quantitative estimate of drug-likeness (QED) is 0.581. The molecule has 1 aliphatic heterocycles. The molecular weight excluding hydrogens is 457 g/mol. The first-order valence-electron chi connectivity index (χ1n) is 11.3. The summed E-state index contributed by atoms with van der Waals surface area (Å²) in [5.74, 6) is -0.0889. The number of piperazine rings is 1. The Morgan fingerprint density at radius 1 is 0.886 bits per heavy atom. The van der Waals surface area contributed by atoms with Crippen molar-refractivity contribution in [1.29, 1.82) is 0 Å². The van der Waals surface area contributed by atoms with Crippen molar-refractivity contribution in [3.8, 4) is 0 Å². The number of carbonyl (C=O) groups excluding carboxylic acids is 2. The Labute approximate surface area is 201 Å². The Morgan fingerprint density at radius 3 is 2.09 bits per heavy atom. The van der Waals surface area contributed by atoms with Crippen LogP contribution in [0.4, 0.5) is 19.0 Å². The van der Waals surface area contributed by atoms with Gasteiger partial charge in [0, 0.05) is 44.4 Å². The lowest BCUT2D eigenvalue weighted by Crippen LogP contribution is -2.55. The monoisotopic (exact) mass is 482 g/mol. The van der Waals surface area contributed by atoms with Crippen LogP contribution in [0.2, 0.25) is 0 Å². The summed E-state index contributed by atoms with van der Waals surface area (Å²) in [7, 11) is 0. The van der Waals surface area contributed by atoms with Crippen LogP contribution in [0.3, 0.4) is 0 Å². The number of pyridine rings is 1. The average Bonchev–Trinajstić information content (AvgIpc) is 2.88. The molecule has 0 bridgehead atoms. The van der Waals surface area contributed by atoms with Gasteiger partial charge in [-0.25, -0.2) is 4.98 Å². The fourth-order valence-electron chi connectivity index (χ4n) is 4.00. The zero-order valence-corrected chi connectivity index (χ0v) is 18.9. The van der Waals surface area contributed by atoms with Gasteiger partial charge in [-0.05, 0) is 29.8 Å². The Kier molecular flexibility index (Phi) is 7.33. The van der Waals surface area contributed by atoms with Gasteiger partial charge >= 0.3 is 6.18 Å². The minimum absolute atomic E-state index is 0.196. The standard InChI is InChI=1S/C26H25F3N4O2/c27-26(28,29)21-11-12-23(30-18-21)32-13-15-33(16-14-32)25(35)22(17-19-7-3-1-4-8-19)31-24(34)20-9-5-2-6-10-20/h1-12,18,22H,13-17H2,(H,31,34)/t22-/m1/s1. The lowest BCUT2D eigenvalue weighted by Gasteiger charge is -2.37. The molecule has 1 fully saturated rings. The normalized spacial score (nSPS) is 14.9. The van der Waals surface area contributed by atoms with Crippen molar-refractivity contribution in [3.63, 3.8) is 0 Å². The highest BCUT2D eigenvalue weighted by Gasteiger charge is 2.32. The van der Waals surface area contributed by atoms with Crippen LogP contribution in [0.5, 0.6) is 0 Å². The van der Waals surface area contributed by atoms with Crippen LogP contribution in [0.15, 0.2) is 79.0 Å². The third-order valence-electron chi connectivity index (χ3n) is 5.91. The van der Waals surface area contributed by atoms with E-state index in [2.05, 4.69) is 10.3 Å². The Balaban J connectivity index is 1.43. The number of anilines is 1. The molecule has 182 valence electrons. The number of alkyl halides is 3. The lowest BCUT2D eigenvalue weighted by atomic mass is 10.0. The van der Waals surface area contributed by atoms with Crippen LogP contribution in [0, 0.1) is 0 Å². The topological polar surface area (TPSA) is 65.5 Å². The Bertz CT molecular complexity index is 1130. The molecule has 2 amide bonds. The first kappa shape index (κ1) is 24.3. The number of hydrogen-bond acceptors (Lipinski definition) is 4. The van der Waals surface area contributed by atoms with Gasteiger partial charge in [0.15, 0.2) is 0 Å². The van der Waals surface area contributed by atoms with E-state index in [1.54, 1.807) is 29.2 Å². The SMILES string of the molecule is O=C(N[C@H](Cc1ccccc1)C(=O)N1CCN(c2ccc(C(F)(F)F)cn2)CC1)c1ccccc1. The van der Waals surface area contributed by atoms with Crippen LogP contribution in [-0.2, 0) is 17.4 Å². The molecule has 2 heterocycles. The van der Waals surface area contributed by atoms with E-state index >= 15 is 0 Å². The molecule has 0 saturated carbocycles. The number of hydrogen-bond donors (Lipinski definition) is 1. The van der Waals surface area contributed by atoms with Gasteiger partial charge in [0.05, 0.1) is 5.56 Å². The molecule has 1 N–H and O–H groups in total. The van der Waals surface area contributed by atoms with Gasteiger partial charge in [-0.15, -0.1) is 0 Å². The third kappa shape index (κ3) is 6.17. The molecule has 1 aromatic heterocycles. The highest BCUT2D eigenvalue weighted by Crippen LogP contribution is 2.29. The number of rotatable bonds is 6. The van der Waals surface area contributed by atoms with Crippen molar-refractivity contribution in [1.82, 2.24) is 15.2 Å². The van der Waals surface area contributed by atoms with E-state index < -0.39 is 17.8 Å². The number of nitrogens with zero attached hydrogens (tertiary/aromatic N) is 3. The maximum Gasteiger partial charge on any atom is 0.417 e. The van der Waals surface area contributed by atoms with Crippen molar-refractivity contribution >= 4 is 17.6 Å². The predicted molar refractivity (Wildman–Crippen MR) is 126 cm³/mol. The fourth-order valence-corrected chi connectivity index (χ4v) is 4.00. The molecular formula is C26H25F3N4O2. The summed E-state index contributed by atoms with van der Waals surface area (Å²) < 4.78 is 38.4. The van der Waals surface area contributed by atoms with Crippen molar-refractivity contribution in [2.24, 2.45) is 0 Å². The molecule has 0 spiro atoms. The van der Waals surface area contributed by atoms with Gasteiger partial charge in [-0.2, -0.15) is 13.2 Å². The first-order chi connectivity index (χ1) is 16.8. The van der Waals surface area contributed by atoms with Crippen molar-refractivity contribution in [2.75, 3.05) is 31.1 Å². The zero-order chi connectivity index (χ0) is 24.8. The highest BCUT2D eigenvalue weighted by molar-refractivity contribution is 5.97. The van der Waals surface area contributed by atoms with E-state index in [0.717, 1.165) is 17.8 Å². The molecule has 6 nitrogen and oxygen atoms in total. The van der Waals surface area contributed by atoms with Gasteiger partial charge < -0.3 is 15.1 Å². The van der Waals surface area contributed by atoms with Gasteiger partial charge in [0.2, 0.25) is 5.91 Å². The first-order valence-corrected chi connectivity index (χ1v) is 11.3. The molecule has 0 aliphatic carbocycles. The highest BCUT2D eigenvalue weighted by atomic mass is 19.4. The zero-order valence-electron chi connectivity index (χ0n) is 18.9. The maximum absolute atomic E-state index is 13.4. The largest absolute Gasteiger partial charge is 0.417 e. The summed E-state index contributed by atoms with van der Waals surface area (Å²) >= 11 is 0. The van der Waals surface area contributed by atoms with Gasteiger partial charge in [0.1, 0.15) is 11.9 Å². The van der Waals surface area contributed by atoms with Crippen molar-refractivity contribution in [2.45, 2.75) is 18.6 Å². The third-order valence-corrected chi connectivity index (χ3v) is 5.91. The number of aromatic nitrogens is 1. The molecule has 0 radical (unpaired) electrons. The second kappa shape index (κ2) is 10.6. The predicted octanol–water partition coefficient (Wildman–Crippen LogP) is 3.79. The maximum atomic E-state index is 13.4. The summed E-state index contributed by atoms with van der Waals surface area (Å²) in [5.41, 5.74) is 0.594. The van der Waals surface area contributed by atoms with Crippen LogP contribution < -0.4 is 10.2 Å². The van der Waals surface area contributed by atoms with E-state index in [0.29, 0.717) is 44.0 Å². The molecule has 2 aromatic carbocycles. The Hall–Kier alpha value is -3.88. The molecule has 1 saturated heterocycles. The lowest BCUT2D eigenvalue weighted by molar-refractivity contribution is -0.138. The van der Waals surface area contributed by atoms with Crippen LogP contribution in [0.1, 0.15) is 21.5 Å². The molecule has 35 heavy (non-hydrogen) atoms. The minimum atomic E-state index is -4.44. The van der Waals surface area contributed by atoms with Gasteiger partial charge in [0.25, 0.3) is 5.91 Å². The summed E-state index contributed by atoms with van der Waals surface area (Å²) in [6.07, 6.45) is -3.27. The molecule has 0 unspecified atom stereocenters. The van der Waals surface area contributed by atoms with Gasteiger partial charge in [-0.1, -0.05) is 48.5 Å². The second-order valence-corrected chi connectivity index (χ2v) is 8.30. The molecule has 9 heteroatoms. The number of amides is 2. The molecule has 1 aliphatic rings. The van der Waals surface area contributed by atoms with Crippen LogP contribution >= 0.6 is 0 Å². The fraction of sp³-hybridized carbons (Fsp3) is 0.269. The van der Waals surface area contributed by atoms with Crippen LogP contribution in [0.25, 0.3) is 0 Å². The van der Waals surface area contributed by atoms with Gasteiger partial charge in [-0.3, -0.25) is 9.59 Å². The van der Waals surface area contributed by atoms with Crippen molar-refractivity contribution < 1.29 is 22.8 Å². The van der Waals surface area contributed by atoms with E-state index in [4.69, 9.17) is 0 Å². The Morgan fingerprint density at radius 2 is 1.51 bits per heavy atom. The number of nitrogens with one attached hydrogen (secondary N) is 1. The summed E-state index contributed by atoms with van der Waals surface area (Å²) in [5, 5.41) is 2.88.